The number of hydrogen-bond donors (Lipinski definition) is 2. The number of sulfonamides is 1. The maximum Gasteiger partial charge on any atom is 0.265 e. The van der Waals surface area contributed by atoms with E-state index in [1.165, 1.54) is 16.4 Å². The molecule has 0 aromatic heterocycles. The second kappa shape index (κ2) is 8.55. The van der Waals surface area contributed by atoms with Gasteiger partial charge in [-0.3, -0.25) is 9.59 Å². The van der Waals surface area contributed by atoms with Crippen molar-refractivity contribution < 1.29 is 22.7 Å². The van der Waals surface area contributed by atoms with Crippen LogP contribution in [0.2, 0.25) is 0 Å². The molecule has 0 aliphatic carbocycles. The fourth-order valence-electron chi connectivity index (χ4n) is 3.94. The summed E-state index contributed by atoms with van der Waals surface area (Å²) >= 11 is 0. The van der Waals surface area contributed by atoms with Crippen LogP contribution in [0.15, 0.2) is 41.3 Å². The summed E-state index contributed by atoms with van der Waals surface area (Å²) in [4.78, 5) is 24.8. The predicted octanol–water partition coefficient (Wildman–Crippen LogP) is 3.06. The molecule has 0 unspecified atom stereocenters. The number of anilines is 2. The Hall–Kier alpha value is -2.91. The van der Waals surface area contributed by atoms with Gasteiger partial charge in [-0.25, -0.2) is 8.42 Å². The van der Waals surface area contributed by atoms with Crippen molar-refractivity contribution in [2.75, 3.05) is 23.7 Å². The summed E-state index contributed by atoms with van der Waals surface area (Å²) in [7, 11) is -3.83. The van der Waals surface area contributed by atoms with Crippen molar-refractivity contribution in [3.8, 4) is 5.75 Å². The highest BCUT2D eigenvalue weighted by atomic mass is 32.2. The average Bonchev–Trinajstić information content (AvgIpc) is 2.77. The molecular formula is C23H27N3O5S. The van der Waals surface area contributed by atoms with Crippen molar-refractivity contribution in [1.29, 1.82) is 0 Å². The molecule has 0 saturated carbocycles. The standard InChI is InChI=1S/C23H27N3O5S/c1-14-6-7-18(11-15(14)2)24-23(28)17-5-4-10-26(13-17)32(29,30)19-8-9-21-20(12-19)25-22(27)16(3)31-21/h6-9,11-12,16-17H,4-5,10,13H2,1-3H3,(H,24,28)(H,25,27)/t16-,17-/m0/s1. The number of ether oxygens (including phenoxy) is 1. The van der Waals surface area contributed by atoms with Gasteiger partial charge in [0.15, 0.2) is 6.10 Å². The van der Waals surface area contributed by atoms with Gasteiger partial charge in [0.2, 0.25) is 15.9 Å². The number of benzene rings is 2. The Labute approximate surface area is 188 Å². The van der Waals surface area contributed by atoms with Crippen LogP contribution >= 0.6 is 0 Å². The highest BCUT2D eigenvalue weighted by molar-refractivity contribution is 7.89. The number of aryl methyl sites for hydroxylation is 2. The number of rotatable bonds is 4. The summed E-state index contributed by atoms with van der Waals surface area (Å²) in [5, 5.41) is 5.59. The largest absolute Gasteiger partial charge is 0.479 e. The fourth-order valence-corrected chi connectivity index (χ4v) is 5.49. The van der Waals surface area contributed by atoms with Crippen LogP contribution in [0.3, 0.4) is 0 Å². The molecule has 32 heavy (non-hydrogen) atoms. The molecule has 2 heterocycles. The first kappa shape index (κ1) is 22.3. The van der Waals surface area contributed by atoms with Crippen LogP contribution in [0.5, 0.6) is 5.75 Å². The predicted molar refractivity (Wildman–Crippen MR) is 121 cm³/mol. The van der Waals surface area contributed by atoms with Crippen LogP contribution in [-0.4, -0.2) is 43.7 Å². The lowest BCUT2D eigenvalue weighted by Crippen LogP contribution is -2.43. The molecule has 4 rings (SSSR count). The van der Waals surface area contributed by atoms with Crippen LogP contribution in [0.25, 0.3) is 0 Å². The summed E-state index contributed by atoms with van der Waals surface area (Å²) in [6.45, 7) is 6.05. The van der Waals surface area contributed by atoms with E-state index in [2.05, 4.69) is 10.6 Å². The van der Waals surface area contributed by atoms with Crippen molar-refractivity contribution in [2.45, 2.75) is 44.6 Å². The molecule has 2 aromatic rings. The molecule has 2 aromatic carbocycles. The molecular weight excluding hydrogens is 430 g/mol. The number of carbonyl (C=O) groups excluding carboxylic acids is 2. The Morgan fingerprint density at radius 3 is 2.69 bits per heavy atom. The van der Waals surface area contributed by atoms with E-state index in [9.17, 15) is 18.0 Å². The van der Waals surface area contributed by atoms with Gasteiger partial charge < -0.3 is 15.4 Å². The number of nitrogens with one attached hydrogen (secondary N) is 2. The number of piperidine rings is 1. The fraction of sp³-hybridized carbons (Fsp3) is 0.391. The topological polar surface area (TPSA) is 105 Å². The van der Waals surface area contributed by atoms with Crippen molar-refractivity contribution in [2.24, 2.45) is 5.92 Å². The third-order valence-electron chi connectivity index (χ3n) is 6.05. The van der Waals surface area contributed by atoms with Crippen molar-refractivity contribution in [3.63, 3.8) is 0 Å². The van der Waals surface area contributed by atoms with E-state index in [-0.39, 0.29) is 23.3 Å². The molecule has 2 aliphatic heterocycles. The molecule has 8 nitrogen and oxygen atoms in total. The average molecular weight is 458 g/mol. The van der Waals surface area contributed by atoms with Crippen LogP contribution in [0.4, 0.5) is 11.4 Å². The van der Waals surface area contributed by atoms with Gasteiger partial charge in [-0.2, -0.15) is 4.31 Å². The Kier molecular flexibility index (Phi) is 5.96. The lowest BCUT2D eigenvalue weighted by molar-refractivity contribution is -0.123. The van der Waals surface area contributed by atoms with Crippen LogP contribution in [0.1, 0.15) is 30.9 Å². The Morgan fingerprint density at radius 2 is 1.94 bits per heavy atom. The normalized spacial score (nSPS) is 21.3. The summed E-state index contributed by atoms with van der Waals surface area (Å²) in [5.74, 6) is -0.525. The zero-order chi connectivity index (χ0) is 23.0. The number of nitrogens with zero attached hydrogens (tertiary/aromatic N) is 1. The lowest BCUT2D eigenvalue weighted by Gasteiger charge is -2.31. The van der Waals surface area contributed by atoms with Crippen LogP contribution in [-0.2, 0) is 19.6 Å². The van der Waals surface area contributed by atoms with Gasteiger partial charge in [0, 0.05) is 18.8 Å². The van der Waals surface area contributed by atoms with E-state index in [1.807, 2.05) is 32.0 Å². The summed E-state index contributed by atoms with van der Waals surface area (Å²) in [6, 6.07) is 10.1. The number of hydrogen-bond acceptors (Lipinski definition) is 5. The van der Waals surface area contributed by atoms with Gasteiger partial charge in [0.05, 0.1) is 16.5 Å². The summed E-state index contributed by atoms with van der Waals surface area (Å²) in [5.41, 5.74) is 3.25. The molecule has 170 valence electrons. The van der Waals surface area contributed by atoms with E-state index in [0.29, 0.717) is 36.5 Å². The zero-order valence-electron chi connectivity index (χ0n) is 18.3. The van der Waals surface area contributed by atoms with Crippen LogP contribution in [0, 0.1) is 19.8 Å². The molecule has 2 atom stereocenters. The maximum atomic E-state index is 13.3. The third kappa shape index (κ3) is 4.35. The maximum absolute atomic E-state index is 13.3. The first-order chi connectivity index (χ1) is 15.1. The summed E-state index contributed by atoms with van der Waals surface area (Å²) in [6.07, 6.45) is 0.574. The van der Waals surface area contributed by atoms with Gasteiger partial charge in [-0.05, 0) is 75.1 Å². The van der Waals surface area contributed by atoms with Gasteiger partial charge in [-0.1, -0.05) is 6.07 Å². The molecule has 2 aliphatic rings. The van der Waals surface area contributed by atoms with Crippen molar-refractivity contribution in [1.82, 2.24) is 4.31 Å². The SMILES string of the molecule is Cc1ccc(NC(=O)[C@H]2CCCN(S(=O)(=O)c3ccc4c(c3)NC(=O)[C@H](C)O4)C2)cc1C. The van der Waals surface area contributed by atoms with Crippen molar-refractivity contribution in [3.05, 3.63) is 47.5 Å². The second-order valence-corrected chi connectivity index (χ2v) is 10.3. The van der Waals surface area contributed by atoms with Crippen molar-refractivity contribution >= 4 is 33.2 Å². The minimum absolute atomic E-state index is 0.0601. The van der Waals surface area contributed by atoms with E-state index in [0.717, 1.165) is 11.1 Å². The molecule has 0 bridgehead atoms. The number of amides is 2. The van der Waals surface area contributed by atoms with E-state index >= 15 is 0 Å². The minimum atomic E-state index is -3.83. The minimum Gasteiger partial charge on any atom is -0.479 e. The molecule has 2 N–H and O–H groups in total. The zero-order valence-corrected chi connectivity index (χ0v) is 19.2. The first-order valence-electron chi connectivity index (χ1n) is 10.6. The molecule has 2 amide bonds. The summed E-state index contributed by atoms with van der Waals surface area (Å²) < 4.78 is 33.4. The second-order valence-electron chi connectivity index (χ2n) is 8.40. The molecule has 9 heteroatoms. The molecule has 1 fully saturated rings. The Bertz CT molecular complexity index is 1180. The smallest absolute Gasteiger partial charge is 0.265 e. The molecule has 1 saturated heterocycles. The number of fused-ring (bicyclic) bond motifs is 1. The van der Waals surface area contributed by atoms with E-state index < -0.39 is 22.0 Å². The third-order valence-corrected chi connectivity index (χ3v) is 7.91. The van der Waals surface area contributed by atoms with E-state index in [1.54, 1.807) is 13.0 Å². The van der Waals surface area contributed by atoms with Gasteiger partial charge in [-0.15, -0.1) is 0 Å². The first-order valence-corrected chi connectivity index (χ1v) is 12.1. The monoisotopic (exact) mass is 457 g/mol. The van der Waals surface area contributed by atoms with Gasteiger partial charge >= 0.3 is 0 Å². The Balaban J connectivity index is 1.50. The van der Waals surface area contributed by atoms with Gasteiger partial charge in [0.25, 0.3) is 5.91 Å². The van der Waals surface area contributed by atoms with E-state index in [4.69, 9.17) is 4.74 Å². The quantitative estimate of drug-likeness (QED) is 0.734. The highest BCUT2D eigenvalue weighted by Gasteiger charge is 2.34. The molecule has 0 spiro atoms. The number of carbonyl (C=O) groups is 2. The van der Waals surface area contributed by atoms with Crippen LogP contribution < -0.4 is 15.4 Å². The van der Waals surface area contributed by atoms with Gasteiger partial charge in [0.1, 0.15) is 5.75 Å². The lowest BCUT2D eigenvalue weighted by atomic mass is 9.98. The highest BCUT2D eigenvalue weighted by Crippen LogP contribution is 2.33. The Morgan fingerprint density at radius 1 is 1.16 bits per heavy atom. The molecule has 0 radical (unpaired) electrons.